The summed E-state index contributed by atoms with van der Waals surface area (Å²) < 4.78 is 17.0. The van der Waals surface area contributed by atoms with Gasteiger partial charge in [-0.2, -0.15) is 16.7 Å². The van der Waals surface area contributed by atoms with E-state index in [1.165, 1.54) is 6.33 Å². The number of aromatic nitrogens is 3. The summed E-state index contributed by atoms with van der Waals surface area (Å²) in [5.74, 6) is 1.30. The summed E-state index contributed by atoms with van der Waals surface area (Å²) in [5.41, 5.74) is 2.72. The Kier molecular flexibility index (Phi) is 8.46. The molecule has 3 rings (SSSR count). The minimum absolute atomic E-state index is 0.0714. The zero-order chi connectivity index (χ0) is 24.9. The minimum Gasteiger partial charge on any atom is -0.489 e. The number of nitrogens with zero attached hydrogens (tertiary/aromatic N) is 4. The van der Waals surface area contributed by atoms with Crippen molar-refractivity contribution in [2.24, 2.45) is 0 Å². The van der Waals surface area contributed by atoms with Crippen LogP contribution in [0.3, 0.4) is 0 Å². The minimum atomic E-state index is -0.282. The van der Waals surface area contributed by atoms with E-state index in [0.29, 0.717) is 43.4 Å². The number of amides is 1. The zero-order valence-electron chi connectivity index (χ0n) is 21.0. The molecule has 0 aliphatic carbocycles. The van der Waals surface area contributed by atoms with Gasteiger partial charge in [0.05, 0.1) is 35.0 Å². The van der Waals surface area contributed by atoms with Gasteiger partial charge in [-0.15, -0.1) is 0 Å². The molecule has 0 atom stereocenters. The Hall–Kier alpha value is -2.75. The monoisotopic (exact) mass is 489 g/mol. The van der Waals surface area contributed by atoms with Crippen molar-refractivity contribution in [2.75, 3.05) is 31.8 Å². The third kappa shape index (κ3) is 6.22. The highest BCUT2D eigenvalue weighted by atomic mass is 32.2. The van der Waals surface area contributed by atoms with Crippen LogP contribution in [0, 0.1) is 6.92 Å². The second-order valence-corrected chi connectivity index (χ2v) is 10.4. The first-order valence-electron chi connectivity index (χ1n) is 11.5. The Labute approximate surface area is 206 Å². The Morgan fingerprint density at radius 2 is 1.94 bits per heavy atom. The number of anilines is 2. The maximum atomic E-state index is 12.1. The van der Waals surface area contributed by atoms with Crippen LogP contribution in [0.25, 0.3) is 0 Å². The molecule has 1 fully saturated rings. The molecule has 1 N–H and O–H groups in total. The van der Waals surface area contributed by atoms with Crippen molar-refractivity contribution in [2.45, 2.75) is 64.4 Å². The first-order chi connectivity index (χ1) is 16.1. The Morgan fingerprint density at radius 1 is 1.24 bits per heavy atom. The number of carbonyl (C=O) groups is 1. The van der Waals surface area contributed by atoms with Gasteiger partial charge in [-0.05, 0) is 53.0 Å². The highest BCUT2D eigenvalue weighted by Crippen LogP contribution is 2.37. The van der Waals surface area contributed by atoms with Gasteiger partial charge in [0.25, 0.3) is 5.88 Å². The van der Waals surface area contributed by atoms with Gasteiger partial charge in [0.15, 0.2) is 5.82 Å². The number of piperidine rings is 1. The topological polar surface area (TPSA) is 98.7 Å². The van der Waals surface area contributed by atoms with Crippen LogP contribution in [0.5, 0.6) is 11.6 Å². The average molecular weight is 490 g/mol. The van der Waals surface area contributed by atoms with Crippen molar-refractivity contribution >= 4 is 29.4 Å². The van der Waals surface area contributed by atoms with Gasteiger partial charge in [-0.1, -0.05) is 0 Å². The molecular weight excluding hydrogens is 454 g/mol. The molecule has 0 unspecified atom stereocenters. The zero-order valence-corrected chi connectivity index (χ0v) is 21.9. The molecule has 0 radical (unpaired) electrons. The van der Waals surface area contributed by atoms with Crippen molar-refractivity contribution < 1.29 is 19.0 Å². The molecule has 1 saturated heterocycles. The van der Waals surface area contributed by atoms with Crippen molar-refractivity contribution in [3.8, 4) is 11.6 Å². The molecule has 1 amide bonds. The summed E-state index contributed by atoms with van der Waals surface area (Å²) in [4.78, 5) is 27.3. The van der Waals surface area contributed by atoms with Gasteiger partial charge in [0.2, 0.25) is 5.75 Å². The molecule has 1 aliphatic heterocycles. The number of nitrogens with one attached hydrogen (secondary N) is 1. The maximum Gasteiger partial charge on any atom is 0.410 e. The highest BCUT2D eigenvalue weighted by molar-refractivity contribution is 7.99. The number of rotatable bonds is 8. The summed E-state index contributed by atoms with van der Waals surface area (Å²) >= 11 is 1.76. The number of carbonyl (C=O) groups excluding carboxylic acids is 1. The Bertz CT molecular complexity index is 993. The lowest BCUT2D eigenvalue weighted by Crippen LogP contribution is -2.42. The van der Waals surface area contributed by atoms with E-state index in [2.05, 4.69) is 35.4 Å². The van der Waals surface area contributed by atoms with Gasteiger partial charge in [0.1, 0.15) is 12.4 Å². The van der Waals surface area contributed by atoms with E-state index in [1.54, 1.807) is 23.8 Å². The standard InChI is InChI=1S/C24H35N5O4S/c1-15(2)32-23(30)29-12-10-17(11-13-29)33-22-20(31-6)21(25-14-26-22)28-18-8-9-19(27-16(18)3)24(4,5)34-7/h8-9,14-15,17H,10-13H2,1-7H3,(H,25,26,28). The number of thioether (sulfide) groups is 1. The number of aryl methyl sites for hydroxylation is 1. The van der Waals surface area contributed by atoms with Crippen LogP contribution in [-0.2, 0) is 9.48 Å². The smallest absolute Gasteiger partial charge is 0.410 e. The van der Waals surface area contributed by atoms with Gasteiger partial charge in [0, 0.05) is 25.9 Å². The van der Waals surface area contributed by atoms with Crippen molar-refractivity contribution in [1.29, 1.82) is 0 Å². The van der Waals surface area contributed by atoms with E-state index >= 15 is 0 Å². The fourth-order valence-electron chi connectivity index (χ4n) is 3.57. The molecule has 0 saturated carbocycles. The molecule has 10 heteroatoms. The van der Waals surface area contributed by atoms with Gasteiger partial charge in [-0.25, -0.2) is 9.78 Å². The summed E-state index contributed by atoms with van der Waals surface area (Å²) in [7, 11) is 1.57. The molecule has 0 bridgehead atoms. The second kappa shape index (κ2) is 11.1. The van der Waals surface area contributed by atoms with E-state index in [1.807, 2.05) is 32.9 Å². The quantitative estimate of drug-likeness (QED) is 0.554. The lowest BCUT2D eigenvalue weighted by atomic mass is 10.1. The van der Waals surface area contributed by atoms with Crippen molar-refractivity contribution in [3.63, 3.8) is 0 Å². The van der Waals surface area contributed by atoms with Crippen LogP contribution >= 0.6 is 11.8 Å². The average Bonchev–Trinajstić information content (AvgIpc) is 2.80. The third-order valence-electron chi connectivity index (χ3n) is 5.76. The van der Waals surface area contributed by atoms with E-state index in [-0.39, 0.29) is 23.0 Å². The molecule has 0 aromatic carbocycles. The molecular formula is C24H35N5O4S. The molecule has 9 nitrogen and oxygen atoms in total. The van der Waals surface area contributed by atoms with Gasteiger partial charge >= 0.3 is 6.09 Å². The molecule has 0 spiro atoms. The Balaban J connectivity index is 1.70. The molecule has 34 heavy (non-hydrogen) atoms. The summed E-state index contributed by atoms with van der Waals surface area (Å²) in [5, 5.41) is 3.31. The normalized spacial score (nSPS) is 14.8. The van der Waals surface area contributed by atoms with Crippen LogP contribution in [0.15, 0.2) is 18.5 Å². The van der Waals surface area contributed by atoms with Crippen molar-refractivity contribution in [1.82, 2.24) is 19.9 Å². The number of hydrogen-bond acceptors (Lipinski definition) is 9. The van der Waals surface area contributed by atoms with E-state index in [4.69, 9.17) is 19.2 Å². The molecule has 2 aromatic heterocycles. The number of methoxy groups -OCH3 is 1. The second-order valence-electron chi connectivity index (χ2n) is 8.97. The first kappa shape index (κ1) is 25.9. The van der Waals surface area contributed by atoms with E-state index in [0.717, 1.165) is 17.1 Å². The van der Waals surface area contributed by atoms with Gasteiger partial charge < -0.3 is 24.4 Å². The number of hydrogen-bond donors (Lipinski definition) is 1. The van der Waals surface area contributed by atoms with E-state index in [9.17, 15) is 4.79 Å². The van der Waals surface area contributed by atoms with Crippen LogP contribution < -0.4 is 14.8 Å². The fraction of sp³-hybridized carbons (Fsp3) is 0.583. The Morgan fingerprint density at radius 3 is 2.53 bits per heavy atom. The number of likely N-dealkylation sites (tertiary alicyclic amines) is 1. The lowest BCUT2D eigenvalue weighted by Gasteiger charge is -2.32. The number of ether oxygens (including phenoxy) is 3. The van der Waals surface area contributed by atoms with E-state index < -0.39 is 0 Å². The molecule has 1 aliphatic rings. The SMILES string of the molecule is COc1c(Nc2ccc(C(C)(C)SC)nc2C)ncnc1OC1CCN(C(=O)OC(C)C)CC1. The molecule has 186 valence electrons. The largest absolute Gasteiger partial charge is 0.489 e. The maximum absolute atomic E-state index is 12.1. The van der Waals surface area contributed by atoms with Crippen molar-refractivity contribution in [3.05, 3.63) is 29.8 Å². The lowest BCUT2D eigenvalue weighted by molar-refractivity contribution is 0.0500. The summed E-state index contributed by atoms with van der Waals surface area (Å²) in [6.45, 7) is 11.1. The first-order valence-corrected chi connectivity index (χ1v) is 12.7. The highest BCUT2D eigenvalue weighted by Gasteiger charge is 2.27. The number of pyridine rings is 1. The predicted molar refractivity (Wildman–Crippen MR) is 134 cm³/mol. The predicted octanol–water partition coefficient (Wildman–Crippen LogP) is 4.92. The van der Waals surface area contributed by atoms with Crippen LogP contribution in [0.1, 0.15) is 51.9 Å². The summed E-state index contributed by atoms with van der Waals surface area (Å²) in [6.07, 6.45) is 4.38. The third-order valence-corrected chi connectivity index (χ3v) is 6.99. The molecule has 2 aromatic rings. The fourth-order valence-corrected chi connectivity index (χ4v) is 3.89. The van der Waals surface area contributed by atoms with Crippen LogP contribution in [0.4, 0.5) is 16.3 Å². The van der Waals surface area contributed by atoms with Gasteiger partial charge in [-0.3, -0.25) is 4.98 Å². The van der Waals surface area contributed by atoms with Crippen LogP contribution in [-0.4, -0.2) is 64.6 Å². The van der Waals surface area contributed by atoms with Crippen LogP contribution in [0.2, 0.25) is 0 Å². The molecule has 3 heterocycles. The summed E-state index contributed by atoms with van der Waals surface area (Å²) in [6, 6.07) is 4.03.